The van der Waals surface area contributed by atoms with Crippen molar-refractivity contribution >= 4 is 0 Å². The second kappa shape index (κ2) is 4.69. The molecule has 0 fully saturated rings. The third-order valence-electron chi connectivity index (χ3n) is 0.881. The van der Waals surface area contributed by atoms with E-state index in [-0.39, 0.29) is 0 Å². The molecule has 0 aliphatic heterocycles. The molecular formula is C7H11O. The van der Waals surface area contributed by atoms with Gasteiger partial charge in [-0.1, -0.05) is 13.3 Å². The van der Waals surface area contributed by atoms with Crippen molar-refractivity contribution in [1.82, 2.24) is 0 Å². The Hall–Kier alpha value is -0.460. The molecule has 0 rings (SSSR count). The molecule has 0 aromatic carbocycles. The van der Waals surface area contributed by atoms with Crippen LogP contribution in [0.3, 0.4) is 0 Å². The summed E-state index contributed by atoms with van der Waals surface area (Å²) in [6.07, 6.45) is 4.03. The first-order valence-corrected chi connectivity index (χ1v) is 2.81. The van der Waals surface area contributed by atoms with Crippen molar-refractivity contribution in [3.05, 3.63) is 18.9 Å². The van der Waals surface area contributed by atoms with E-state index >= 15 is 0 Å². The van der Waals surface area contributed by atoms with Crippen molar-refractivity contribution in [1.29, 1.82) is 0 Å². The highest BCUT2D eigenvalue weighted by Gasteiger charge is 1.81. The van der Waals surface area contributed by atoms with E-state index in [9.17, 15) is 0 Å². The Morgan fingerprint density at radius 2 is 2.38 bits per heavy atom. The summed E-state index contributed by atoms with van der Waals surface area (Å²) in [4.78, 5) is 0. The van der Waals surface area contributed by atoms with Gasteiger partial charge in [0.1, 0.15) is 0 Å². The summed E-state index contributed by atoms with van der Waals surface area (Å²) in [5, 5.41) is 0. The first kappa shape index (κ1) is 7.54. The van der Waals surface area contributed by atoms with Gasteiger partial charge in [-0.15, -0.1) is 0 Å². The standard InChI is InChI=1S/C7H11O/c1-4-5-6-7(2)8-3/h6H,4-5H2,1-2H3. The van der Waals surface area contributed by atoms with Crippen LogP contribution in [0, 0.1) is 7.11 Å². The van der Waals surface area contributed by atoms with E-state index in [0.717, 1.165) is 12.8 Å². The van der Waals surface area contributed by atoms with Gasteiger partial charge in [0.2, 0.25) is 0 Å². The highest BCUT2D eigenvalue weighted by molar-refractivity contribution is 4.87. The Morgan fingerprint density at radius 1 is 1.75 bits per heavy atom. The molecule has 0 aromatic rings. The van der Waals surface area contributed by atoms with Crippen LogP contribution in [-0.2, 0) is 4.74 Å². The molecule has 1 heteroatoms. The lowest BCUT2D eigenvalue weighted by Gasteiger charge is -1.93. The Bertz CT molecular complexity index is 74.5. The van der Waals surface area contributed by atoms with Crippen molar-refractivity contribution in [2.24, 2.45) is 0 Å². The molecule has 0 atom stereocenters. The van der Waals surface area contributed by atoms with Gasteiger partial charge < -0.3 is 4.74 Å². The van der Waals surface area contributed by atoms with Gasteiger partial charge >= 0.3 is 0 Å². The average Bonchev–Trinajstić information content (AvgIpc) is 1.83. The maximum atomic E-state index is 6.42. The van der Waals surface area contributed by atoms with Crippen LogP contribution in [0.1, 0.15) is 26.7 Å². The van der Waals surface area contributed by atoms with Crippen molar-refractivity contribution in [2.75, 3.05) is 0 Å². The second-order valence-electron chi connectivity index (χ2n) is 1.71. The minimum Gasteiger partial charge on any atom is -0.478 e. The van der Waals surface area contributed by atoms with Gasteiger partial charge in [0.25, 0.3) is 7.11 Å². The van der Waals surface area contributed by atoms with Crippen molar-refractivity contribution < 1.29 is 4.74 Å². The number of allylic oxidation sites excluding steroid dienone is 2. The summed E-state index contributed by atoms with van der Waals surface area (Å²) < 4.78 is 4.16. The number of ether oxygens (including phenoxy) is 1. The summed E-state index contributed by atoms with van der Waals surface area (Å²) in [6.45, 7) is 3.87. The predicted octanol–water partition coefficient (Wildman–Crippen LogP) is 2.25. The highest BCUT2D eigenvalue weighted by atomic mass is 16.5. The van der Waals surface area contributed by atoms with Gasteiger partial charge in [-0.25, -0.2) is 0 Å². The zero-order valence-corrected chi connectivity index (χ0v) is 5.40. The molecule has 0 aliphatic rings. The lowest BCUT2D eigenvalue weighted by atomic mass is 10.3. The van der Waals surface area contributed by atoms with Crippen molar-refractivity contribution in [3.8, 4) is 0 Å². The summed E-state index contributed by atoms with van der Waals surface area (Å²) in [5.41, 5.74) is 0. The second-order valence-corrected chi connectivity index (χ2v) is 1.71. The van der Waals surface area contributed by atoms with Gasteiger partial charge in [-0.2, -0.15) is 0 Å². The van der Waals surface area contributed by atoms with Crippen LogP contribution in [0.5, 0.6) is 0 Å². The molecule has 0 spiro atoms. The van der Waals surface area contributed by atoms with Gasteiger partial charge in [0.15, 0.2) is 0 Å². The molecule has 0 heterocycles. The van der Waals surface area contributed by atoms with Crippen LogP contribution in [0.4, 0.5) is 0 Å². The fourth-order valence-electron chi connectivity index (χ4n) is 0.389. The van der Waals surface area contributed by atoms with Crippen LogP contribution in [0.25, 0.3) is 0 Å². The van der Waals surface area contributed by atoms with Gasteiger partial charge in [-0.3, -0.25) is 0 Å². The molecule has 0 saturated heterocycles. The minimum absolute atomic E-state index is 0.687. The van der Waals surface area contributed by atoms with E-state index in [1.807, 2.05) is 6.08 Å². The van der Waals surface area contributed by atoms with Gasteiger partial charge in [0.05, 0.1) is 5.76 Å². The maximum absolute atomic E-state index is 6.42. The summed E-state index contributed by atoms with van der Waals surface area (Å²) in [6, 6.07) is 0. The van der Waals surface area contributed by atoms with E-state index in [4.69, 9.17) is 7.11 Å². The Balaban J connectivity index is 3.26. The number of hydrogen-bond acceptors (Lipinski definition) is 1. The van der Waals surface area contributed by atoms with Crippen LogP contribution < -0.4 is 0 Å². The molecule has 45 valence electrons. The maximum Gasteiger partial charge on any atom is 0.252 e. The molecule has 0 saturated carbocycles. The monoisotopic (exact) mass is 111 g/mol. The molecule has 0 N–H and O–H groups in total. The minimum atomic E-state index is 0.687. The molecular weight excluding hydrogens is 100 g/mol. The fraction of sp³-hybridized carbons (Fsp3) is 0.571. The van der Waals surface area contributed by atoms with Crippen LogP contribution in [-0.4, -0.2) is 0 Å². The Morgan fingerprint density at radius 3 is 2.75 bits per heavy atom. The molecule has 0 bridgehead atoms. The number of hydrogen-bond donors (Lipinski definition) is 0. The third kappa shape index (κ3) is 3.72. The largest absolute Gasteiger partial charge is 0.478 e. The van der Waals surface area contributed by atoms with Crippen molar-refractivity contribution in [2.45, 2.75) is 26.7 Å². The van der Waals surface area contributed by atoms with Crippen LogP contribution in [0.2, 0.25) is 0 Å². The van der Waals surface area contributed by atoms with E-state index in [2.05, 4.69) is 11.7 Å². The Kier molecular flexibility index (Phi) is 4.42. The smallest absolute Gasteiger partial charge is 0.252 e. The van der Waals surface area contributed by atoms with Gasteiger partial charge in [-0.05, 0) is 19.4 Å². The fourth-order valence-corrected chi connectivity index (χ4v) is 0.389. The van der Waals surface area contributed by atoms with E-state index < -0.39 is 0 Å². The van der Waals surface area contributed by atoms with E-state index in [0.29, 0.717) is 5.76 Å². The molecule has 0 aliphatic carbocycles. The lowest BCUT2D eigenvalue weighted by Crippen LogP contribution is -1.74. The zero-order chi connectivity index (χ0) is 6.41. The van der Waals surface area contributed by atoms with E-state index in [1.165, 1.54) is 0 Å². The molecule has 8 heavy (non-hydrogen) atoms. The normalized spacial score (nSPS) is 11.6. The topological polar surface area (TPSA) is 9.23 Å². The Labute approximate surface area is 51.4 Å². The number of rotatable bonds is 3. The number of unbranched alkanes of at least 4 members (excludes halogenated alkanes) is 1. The first-order valence-electron chi connectivity index (χ1n) is 2.81. The SMILES string of the molecule is [C]OC(C)=CCCC. The zero-order valence-electron chi connectivity index (χ0n) is 5.40. The molecule has 0 amide bonds. The summed E-state index contributed by atoms with van der Waals surface area (Å²) in [5.74, 6) is 0.687. The first-order chi connectivity index (χ1) is 3.81. The predicted molar refractivity (Wildman–Crippen MR) is 33.0 cm³/mol. The molecule has 0 aromatic heterocycles. The van der Waals surface area contributed by atoms with Gasteiger partial charge in [0, 0.05) is 0 Å². The molecule has 0 unspecified atom stereocenters. The van der Waals surface area contributed by atoms with Crippen LogP contribution in [0.15, 0.2) is 11.8 Å². The third-order valence-corrected chi connectivity index (χ3v) is 0.881. The lowest BCUT2D eigenvalue weighted by molar-refractivity contribution is 0.343. The highest BCUT2D eigenvalue weighted by Crippen LogP contribution is 1.97. The van der Waals surface area contributed by atoms with E-state index in [1.54, 1.807) is 6.92 Å². The summed E-state index contributed by atoms with van der Waals surface area (Å²) >= 11 is 0. The summed E-state index contributed by atoms with van der Waals surface area (Å²) in [7, 11) is 6.42. The quantitative estimate of drug-likeness (QED) is 0.507. The molecule has 3 radical (unpaired) electrons. The van der Waals surface area contributed by atoms with Crippen LogP contribution >= 0.6 is 0 Å². The van der Waals surface area contributed by atoms with Crippen molar-refractivity contribution in [3.63, 3.8) is 0 Å². The molecule has 1 nitrogen and oxygen atoms in total. The average molecular weight is 111 g/mol.